The van der Waals surface area contributed by atoms with Crippen molar-refractivity contribution >= 4 is 23.3 Å². The van der Waals surface area contributed by atoms with Gasteiger partial charge in [0.15, 0.2) is 0 Å². The average molecular weight is 330 g/mol. The maximum absolute atomic E-state index is 12.2. The number of anilines is 2. The second kappa shape index (κ2) is 7.21. The number of aryl methyl sites for hydroxylation is 1. The van der Waals surface area contributed by atoms with Crippen molar-refractivity contribution in [2.75, 3.05) is 30.8 Å². The largest absolute Gasteiger partial charge is 0.335 e. The molecule has 0 unspecified atom stereocenters. The van der Waals surface area contributed by atoms with Crippen molar-refractivity contribution < 1.29 is 9.59 Å². The molecule has 2 fully saturated rings. The molecule has 0 radical (unpaired) electrons. The van der Waals surface area contributed by atoms with Crippen LogP contribution >= 0.6 is 0 Å². The van der Waals surface area contributed by atoms with Gasteiger partial charge in [0.1, 0.15) is 0 Å². The lowest BCUT2D eigenvalue weighted by atomic mass is 10.1. The van der Waals surface area contributed by atoms with Crippen LogP contribution in [0.3, 0.4) is 0 Å². The van der Waals surface area contributed by atoms with E-state index in [1.54, 1.807) is 0 Å². The zero-order chi connectivity index (χ0) is 17.1. The Morgan fingerprint density at radius 1 is 1.08 bits per heavy atom. The molecule has 0 bridgehead atoms. The first-order chi connectivity index (χ1) is 11.5. The molecule has 1 aliphatic heterocycles. The quantitative estimate of drug-likeness (QED) is 0.794. The van der Waals surface area contributed by atoms with E-state index in [1.807, 2.05) is 25.1 Å². The van der Waals surface area contributed by atoms with Crippen LogP contribution in [0.15, 0.2) is 18.2 Å². The van der Waals surface area contributed by atoms with Gasteiger partial charge in [-0.05, 0) is 70.4 Å². The van der Waals surface area contributed by atoms with Crippen molar-refractivity contribution in [3.8, 4) is 0 Å². The summed E-state index contributed by atoms with van der Waals surface area (Å²) in [4.78, 5) is 26.4. The predicted octanol–water partition coefficient (Wildman–Crippen LogP) is 2.56. The first kappa shape index (κ1) is 16.8. The van der Waals surface area contributed by atoms with Gasteiger partial charge in [0.25, 0.3) is 0 Å². The highest BCUT2D eigenvalue weighted by Crippen LogP contribution is 2.30. The van der Waals surface area contributed by atoms with E-state index < -0.39 is 0 Å². The molecular weight excluding hydrogens is 304 g/mol. The molecule has 6 nitrogen and oxygen atoms in total. The van der Waals surface area contributed by atoms with E-state index in [4.69, 9.17) is 0 Å². The summed E-state index contributed by atoms with van der Waals surface area (Å²) in [6.07, 6.45) is 3.89. The molecule has 24 heavy (non-hydrogen) atoms. The van der Waals surface area contributed by atoms with Crippen LogP contribution in [-0.2, 0) is 4.79 Å². The lowest BCUT2D eigenvalue weighted by Gasteiger charge is -2.29. The third-order valence-corrected chi connectivity index (χ3v) is 4.76. The second-order valence-electron chi connectivity index (χ2n) is 6.97. The molecule has 1 aromatic carbocycles. The Balaban J connectivity index is 1.56. The predicted molar refractivity (Wildman–Crippen MR) is 95.2 cm³/mol. The molecule has 3 rings (SSSR count). The molecule has 3 N–H and O–H groups in total. The lowest BCUT2D eigenvalue weighted by Crippen LogP contribution is -2.44. The SMILES string of the molecule is Cc1ccc(NC(=O)C2CC2)cc1NC(=O)NC1CCN(C)CC1. The van der Waals surface area contributed by atoms with Crippen molar-refractivity contribution in [3.05, 3.63) is 23.8 Å². The van der Waals surface area contributed by atoms with E-state index in [0.29, 0.717) is 0 Å². The number of benzene rings is 1. The monoisotopic (exact) mass is 330 g/mol. The summed E-state index contributed by atoms with van der Waals surface area (Å²) in [6.45, 7) is 3.96. The van der Waals surface area contributed by atoms with Crippen molar-refractivity contribution in [3.63, 3.8) is 0 Å². The highest BCUT2D eigenvalue weighted by molar-refractivity contribution is 5.96. The van der Waals surface area contributed by atoms with Crippen molar-refractivity contribution in [2.45, 2.75) is 38.6 Å². The molecule has 1 aromatic rings. The molecule has 1 saturated heterocycles. The number of urea groups is 1. The molecule has 0 aromatic heterocycles. The third kappa shape index (κ3) is 4.47. The molecule has 0 spiro atoms. The first-order valence-corrected chi connectivity index (χ1v) is 8.69. The van der Waals surface area contributed by atoms with Gasteiger partial charge in [0.2, 0.25) is 5.91 Å². The summed E-state index contributed by atoms with van der Waals surface area (Å²) in [5.74, 6) is 0.232. The number of likely N-dealkylation sites (tertiary alicyclic amines) is 1. The topological polar surface area (TPSA) is 73.5 Å². The summed E-state index contributed by atoms with van der Waals surface area (Å²) in [7, 11) is 2.10. The number of piperidine rings is 1. The molecule has 130 valence electrons. The Hall–Kier alpha value is -2.08. The Morgan fingerprint density at radius 3 is 2.46 bits per heavy atom. The summed E-state index contributed by atoms with van der Waals surface area (Å²) >= 11 is 0. The van der Waals surface area contributed by atoms with Gasteiger partial charge in [-0.15, -0.1) is 0 Å². The Labute approximate surface area is 143 Å². The van der Waals surface area contributed by atoms with Crippen LogP contribution in [0.1, 0.15) is 31.2 Å². The molecule has 3 amide bonds. The fourth-order valence-electron chi connectivity index (χ4n) is 2.92. The number of hydrogen-bond acceptors (Lipinski definition) is 3. The maximum atomic E-state index is 12.2. The Bertz CT molecular complexity index is 619. The normalized spacial score (nSPS) is 18.9. The van der Waals surface area contributed by atoms with Crippen molar-refractivity contribution in [1.29, 1.82) is 0 Å². The number of rotatable bonds is 4. The third-order valence-electron chi connectivity index (χ3n) is 4.76. The number of nitrogens with zero attached hydrogens (tertiary/aromatic N) is 1. The minimum absolute atomic E-state index is 0.0700. The van der Waals surface area contributed by atoms with E-state index in [0.717, 1.165) is 55.7 Å². The summed E-state index contributed by atoms with van der Waals surface area (Å²) < 4.78 is 0. The Kier molecular flexibility index (Phi) is 5.04. The average Bonchev–Trinajstić information content (AvgIpc) is 3.38. The summed E-state index contributed by atoms with van der Waals surface area (Å²) in [5.41, 5.74) is 2.43. The first-order valence-electron chi connectivity index (χ1n) is 8.69. The van der Waals surface area contributed by atoms with E-state index in [2.05, 4.69) is 27.9 Å². The minimum atomic E-state index is -0.182. The zero-order valence-corrected chi connectivity index (χ0v) is 14.4. The van der Waals surface area contributed by atoms with Crippen molar-refractivity contribution in [2.24, 2.45) is 5.92 Å². The van der Waals surface area contributed by atoms with Gasteiger partial charge in [-0.3, -0.25) is 4.79 Å². The van der Waals surface area contributed by atoms with Gasteiger partial charge in [0, 0.05) is 23.3 Å². The number of amides is 3. The smallest absolute Gasteiger partial charge is 0.319 e. The van der Waals surface area contributed by atoms with E-state index in [1.165, 1.54) is 0 Å². The Morgan fingerprint density at radius 2 is 1.79 bits per heavy atom. The van der Waals surface area contributed by atoms with Crippen LogP contribution in [0.4, 0.5) is 16.2 Å². The molecule has 2 aliphatic rings. The number of nitrogens with one attached hydrogen (secondary N) is 3. The number of hydrogen-bond donors (Lipinski definition) is 3. The lowest BCUT2D eigenvalue weighted by molar-refractivity contribution is -0.117. The number of carbonyl (C=O) groups is 2. The summed E-state index contributed by atoms with van der Waals surface area (Å²) in [6, 6.07) is 5.64. The molecule has 1 saturated carbocycles. The van der Waals surface area contributed by atoms with Crippen LogP contribution in [0.5, 0.6) is 0 Å². The highest BCUT2D eigenvalue weighted by Gasteiger charge is 2.29. The fraction of sp³-hybridized carbons (Fsp3) is 0.556. The van der Waals surface area contributed by atoms with Crippen LogP contribution in [0.25, 0.3) is 0 Å². The highest BCUT2D eigenvalue weighted by atomic mass is 16.2. The van der Waals surface area contributed by atoms with Gasteiger partial charge in [0.05, 0.1) is 0 Å². The zero-order valence-electron chi connectivity index (χ0n) is 14.4. The molecule has 6 heteroatoms. The van der Waals surface area contributed by atoms with Gasteiger partial charge in [-0.1, -0.05) is 6.07 Å². The fourth-order valence-corrected chi connectivity index (χ4v) is 2.92. The maximum Gasteiger partial charge on any atom is 0.319 e. The van der Waals surface area contributed by atoms with Crippen molar-refractivity contribution in [1.82, 2.24) is 10.2 Å². The van der Waals surface area contributed by atoms with Crippen LogP contribution < -0.4 is 16.0 Å². The molecule has 1 aliphatic carbocycles. The van der Waals surface area contributed by atoms with Gasteiger partial charge >= 0.3 is 6.03 Å². The standard InChI is InChI=1S/C18H26N4O2/c1-12-3-6-15(19-17(23)13-4-5-13)11-16(12)21-18(24)20-14-7-9-22(2)10-8-14/h3,6,11,13-14H,4-5,7-10H2,1-2H3,(H,19,23)(H2,20,21,24). The van der Waals surface area contributed by atoms with Crippen LogP contribution in [0, 0.1) is 12.8 Å². The van der Waals surface area contributed by atoms with E-state index in [9.17, 15) is 9.59 Å². The van der Waals surface area contributed by atoms with Gasteiger partial charge < -0.3 is 20.9 Å². The van der Waals surface area contributed by atoms with Gasteiger partial charge in [-0.25, -0.2) is 4.79 Å². The molecule has 1 heterocycles. The van der Waals surface area contributed by atoms with E-state index in [-0.39, 0.29) is 23.9 Å². The number of carbonyl (C=O) groups excluding carboxylic acids is 2. The van der Waals surface area contributed by atoms with Crippen LogP contribution in [0.2, 0.25) is 0 Å². The minimum Gasteiger partial charge on any atom is -0.335 e. The van der Waals surface area contributed by atoms with Crippen LogP contribution in [-0.4, -0.2) is 43.0 Å². The summed E-state index contributed by atoms with van der Waals surface area (Å²) in [5, 5.41) is 8.87. The molecular formula is C18H26N4O2. The second-order valence-corrected chi connectivity index (χ2v) is 6.97. The van der Waals surface area contributed by atoms with Gasteiger partial charge in [-0.2, -0.15) is 0 Å². The van der Waals surface area contributed by atoms with E-state index >= 15 is 0 Å². The molecule has 0 atom stereocenters.